The molecule has 0 aliphatic carbocycles. The van der Waals surface area contributed by atoms with Crippen molar-refractivity contribution in [2.24, 2.45) is 0 Å². The predicted molar refractivity (Wildman–Crippen MR) is 79.0 cm³/mol. The second-order valence-electron chi connectivity index (χ2n) is 5.01. The quantitative estimate of drug-likeness (QED) is 0.833. The molecular weight excluding hydrogens is 254 g/mol. The molecule has 1 unspecified atom stereocenters. The lowest BCUT2D eigenvalue weighted by molar-refractivity contribution is 0.0957. The molecule has 1 amide bonds. The summed E-state index contributed by atoms with van der Waals surface area (Å²) in [7, 11) is 1.59. The summed E-state index contributed by atoms with van der Waals surface area (Å²) in [6.07, 6.45) is 3.61. The van der Waals surface area contributed by atoms with E-state index in [2.05, 4.69) is 32.7 Å². The van der Waals surface area contributed by atoms with Gasteiger partial charge >= 0.3 is 0 Å². The zero-order valence-corrected chi connectivity index (χ0v) is 12.2. The summed E-state index contributed by atoms with van der Waals surface area (Å²) in [6, 6.07) is 4.09. The number of amides is 1. The van der Waals surface area contributed by atoms with Gasteiger partial charge in [-0.3, -0.25) is 4.79 Å². The van der Waals surface area contributed by atoms with Crippen molar-refractivity contribution in [2.75, 3.05) is 31.6 Å². The normalized spacial score (nSPS) is 18.9. The molecule has 0 saturated carbocycles. The van der Waals surface area contributed by atoms with Crippen LogP contribution in [-0.4, -0.2) is 48.8 Å². The molecule has 2 N–H and O–H groups in total. The molecule has 1 aliphatic rings. The molecule has 0 radical (unpaired) electrons. The molecule has 0 aromatic carbocycles. The van der Waals surface area contributed by atoms with Gasteiger partial charge in [-0.15, -0.1) is 10.2 Å². The standard InChI is InChI=1S/C14H23N5O/c1-3-16-10-11-6-4-5-9-19(11)13-8-7-12(17-18-13)14(20)15-2/h7-8,11,16H,3-6,9-10H2,1-2H3,(H,15,20). The van der Waals surface area contributed by atoms with E-state index in [-0.39, 0.29) is 5.91 Å². The smallest absolute Gasteiger partial charge is 0.271 e. The summed E-state index contributed by atoms with van der Waals surface area (Å²) in [5, 5.41) is 14.2. The van der Waals surface area contributed by atoms with Gasteiger partial charge < -0.3 is 15.5 Å². The fourth-order valence-corrected chi connectivity index (χ4v) is 2.55. The highest BCUT2D eigenvalue weighted by atomic mass is 16.1. The summed E-state index contributed by atoms with van der Waals surface area (Å²) in [4.78, 5) is 13.8. The molecule has 1 aromatic heterocycles. The molecule has 1 fully saturated rings. The van der Waals surface area contributed by atoms with Crippen molar-refractivity contribution in [2.45, 2.75) is 32.2 Å². The summed E-state index contributed by atoms with van der Waals surface area (Å²) >= 11 is 0. The van der Waals surface area contributed by atoms with Crippen LogP contribution in [0.5, 0.6) is 0 Å². The Balaban J connectivity index is 2.09. The summed E-state index contributed by atoms with van der Waals surface area (Å²) in [5.74, 6) is 0.659. The maximum absolute atomic E-state index is 11.5. The topological polar surface area (TPSA) is 70.2 Å². The Morgan fingerprint density at radius 3 is 2.90 bits per heavy atom. The Kier molecular flexibility index (Phi) is 5.29. The van der Waals surface area contributed by atoms with Crippen LogP contribution in [0.3, 0.4) is 0 Å². The van der Waals surface area contributed by atoms with Gasteiger partial charge in [0.25, 0.3) is 5.91 Å². The Hall–Kier alpha value is -1.69. The zero-order chi connectivity index (χ0) is 14.4. The van der Waals surface area contributed by atoms with Crippen LogP contribution in [0.15, 0.2) is 12.1 Å². The number of carbonyl (C=O) groups is 1. The second-order valence-corrected chi connectivity index (χ2v) is 5.01. The number of aromatic nitrogens is 2. The van der Waals surface area contributed by atoms with Gasteiger partial charge in [0.15, 0.2) is 11.5 Å². The number of carbonyl (C=O) groups excluding carboxylic acids is 1. The van der Waals surface area contributed by atoms with E-state index in [1.807, 2.05) is 6.07 Å². The number of anilines is 1. The maximum atomic E-state index is 11.5. The van der Waals surface area contributed by atoms with E-state index in [9.17, 15) is 4.79 Å². The molecule has 2 rings (SSSR count). The van der Waals surface area contributed by atoms with Gasteiger partial charge in [-0.1, -0.05) is 6.92 Å². The predicted octanol–water partition coefficient (Wildman–Crippen LogP) is 0.805. The molecule has 110 valence electrons. The molecule has 2 heterocycles. The van der Waals surface area contributed by atoms with Crippen LogP contribution in [-0.2, 0) is 0 Å². The van der Waals surface area contributed by atoms with Crippen LogP contribution in [0.4, 0.5) is 5.82 Å². The van der Waals surface area contributed by atoms with E-state index in [1.54, 1.807) is 13.1 Å². The molecule has 0 spiro atoms. The largest absolute Gasteiger partial charge is 0.354 e. The van der Waals surface area contributed by atoms with Crippen LogP contribution in [0, 0.1) is 0 Å². The number of likely N-dealkylation sites (N-methyl/N-ethyl adjacent to an activating group) is 1. The first-order valence-corrected chi connectivity index (χ1v) is 7.29. The maximum Gasteiger partial charge on any atom is 0.271 e. The van der Waals surface area contributed by atoms with Crippen molar-refractivity contribution in [1.82, 2.24) is 20.8 Å². The van der Waals surface area contributed by atoms with Crippen molar-refractivity contribution in [3.05, 3.63) is 17.8 Å². The first-order chi connectivity index (χ1) is 9.76. The van der Waals surface area contributed by atoms with E-state index in [0.717, 1.165) is 25.5 Å². The van der Waals surface area contributed by atoms with Gasteiger partial charge in [-0.25, -0.2) is 0 Å². The van der Waals surface area contributed by atoms with Crippen LogP contribution < -0.4 is 15.5 Å². The van der Waals surface area contributed by atoms with Crippen molar-refractivity contribution in [3.63, 3.8) is 0 Å². The molecule has 6 heteroatoms. The zero-order valence-electron chi connectivity index (χ0n) is 12.2. The third kappa shape index (κ3) is 3.45. The van der Waals surface area contributed by atoms with Gasteiger partial charge in [0.1, 0.15) is 0 Å². The molecule has 1 aromatic rings. The SMILES string of the molecule is CCNCC1CCCCN1c1ccc(C(=O)NC)nn1. The van der Waals surface area contributed by atoms with Gasteiger partial charge in [0.05, 0.1) is 0 Å². The fourth-order valence-electron chi connectivity index (χ4n) is 2.55. The van der Waals surface area contributed by atoms with Crippen molar-refractivity contribution in [3.8, 4) is 0 Å². The Bertz CT molecular complexity index is 434. The number of hydrogen-bond acceptors (Lipinski definition) is 5. The highest BCUT2D eigenvalue weighted by molar-refractivity contribution is 5.91. The van der Waals surface area contributed by atoms with Crippen molar-refractivity contribution >= 4 is 11.7 Å². The Morgan fingerprint density at radius 1 is 1.40 bits per heavy atom. The minimum atomic E-state index is -0.202. The van der Waals surface area contributed by atoms with Gasteiger partial charge in [0, 0.05) is 26.2 Å². The lowest BCUT2D eigenvalue weighted by Crippen LogP contribution is -2.46. The lowest BCUT2D eigenvalue weighted by Gasteiger charge is -2.36. The second kappa shape index (κ2) is 7.19. The monoisotopic (exact) mass is 277 g/mol. The van der Waals surface area contributed by atoms with Gasteiger partial charge in [-0.2, -0.15) is 0 Å². The van der Waals surface area contributed by atoms with Crippen LogP contribution in [0.25, 0.3) is 0 Å². The lowest BCUT2D eigenvalue weighted by atomic mass is 10.0. The Morgan fingerprint density at radius 2 is 2.25 bits per heavy atom. The highest BCUT2D eigenvalue weighted by Crippen LogP contribution is 2.22. The average Bonchev–Trinajstić information content (AvgIpc) is 2.52. The van der Waals surface area contributed by atoms with Crippen LogP contribution in [0.2, 0.25) is 0 Å². The third-order valence-electron chi connectivity index (χ3n) is 3.66. The molecular formula is C14H23N5O. The minimum Gasteiger partial charge on any atom is -0.354 e. The number of rotatable bonds is 5. The summed E-state index contributed by atoms with van der Waals surface area (Å²) in [5.41, 5.74) is 0.358. The van der Waals surface area contributed by atoms with E-state index >= 15 is 0 Å². The first kappa shape index (κ1) is 14.7. The van der Waals surface area contributed by atoms with E-state index in [1.165, 1.54) is 19.3 Å². The van der Waals surface area contributed by atoms with Gasteiger partial charge in [0.2, 0.25) is 0 Å². The Labute approximate surface area is 120 Å². The van der Waals surface area contributed by atoms with Crippen molar-refractivity contribution in [1.29, 1.82) is 0 Å². The van der Waals surface area contributed by atoms with E-state index in [4.69, 9.17) is 0 Å². The van der Waals surface area contributed by atoms with E-state index < -0.39 is 0 Å². The number of nitrogens with zero attached hydrogens (tertiary/aromatic N) is 3. The molecule has 1 atom stereocenters. The van der Waals surface area contributed by atoms with Crippen LogP contribution in [0.1, 0.15) is 36.7 Å². The average molecular weight is 277 g/mol. The summed E-state index contributed by atoms with van der Waals surface area (Å²) < 4.78 is 0. The molecule has 1 aliphatic heterocycles. The molecule has 20 heavy (non-hydrogen) atoms. The van der Waals surface area contributed by atoms with E-state index in [0.29, 0.717) is 11.7 Å². The molecule has 6 nitrogen and oxygen atoms in total. The molecule has 1 saturated heterocycles. The van der Waals surface area contributed by atoms with Crippen molar-refractivity contribution < 1.29 is 4.79 Å². The van der Waals surface area contributed by atoms with Crippen LogP contribution >= 0.6 is 0 Å². The number of piperidine rings is 1. The fraction of sp³-hybridized carbons (Fsp3) is 0.643. The summed E-state index contributed by atoms with van der Waals surface area (Å²) in [6.45, 7) is 5.07. The first-order valence-electron chi connectivity index (χ1n) is 7.29. The third-order valence-corrected chi connectivity index (χ3v) is 3.66. The number of nitrogens with one attached hydrogen (secondary N) is 2. The minimum absolute atomic E-state index is 0.202. The molecule has 0 bridgehead atoms. The van der Waals surface area contributed by atoms with Gasteiger partial charge in [-0.05, 0) is 37.9 Å². The highest BCUT2D eigenvalue weighted by Gasteiger charge is 2.23. The number of hydrogen-bond donors (Lipinski definition) is 2.